The van der Waals surface area contributed by atoms with Gasteiger partial charge in [0.1, 0.15) is 5.60 Å². The third-order valence-electron chi connectivity index (χ3n) is 5.17. The minimum absolute atomic E-state index is 0.0400. The summed E-state index contributed by atoms with van der Waals surface area (Å²) in [5.74, 6) is 0.352. The van der Waals surface area contributed by atoms with E-state index in [1.165, 1.54) is 0 Å². The van der Waals surface area contributed by atoms with E-state index in [1.54, 1.807) is 5.06 Å². The number of hydrogen-bond acceptors (Lipinski definition) is 4. The molecule has 0 radical (unpaired) electrons. The highest BCUT2D eigenvalue weighted by atomic mass is 16.6. The summed E-state index contributed by atoms with van der Waals surface area (Å²) in [7, 11) is 0. The van der Waals surface area contributed by atoms with Crippen molar-refractivity contribution in [3.8, 4) is 0 Å². The zero-order chi connectivity index (χ0) is 23.3. The first-order valence-electron chi connectivity index (χ1n) is 11.0. The molecule has 1 saturated heterocycles. The van der Waals surface area contributed by atoms with Crippen LogP contribution in [0.5, 0.6) is 0 Å². The fourth-order valence-electron chi connectivity index (χ4n) is 4.16. The number of rotatable bonds is 7. The van der Waals surface area contributed by atoms with Crippen molar-refractivity contribution in [2.45, 2.75) is 117 Å². The molecule has 1 rings (SSSR count). The summed E-state index contributed by atoms with van der Waals surface area (Å²) in [6, 6.07) is -0.138. The Morgan fingerprint density at radius 1 is 1.17 bits per heavy atom. The number of hydrogen-bond donors (Lipinski definition) is 2. The van der Waals surface area contributed by atoms with Crippen LogP contribution in [0.15, 0.2) is 12.2 Å². The van der Waals surface area contributed by atoms with Crippen LogP contribution in [0.25, 0.3) is 0 Å². The zero-order valence-corrected chi connectivity index (χ0v) is 20.4. The highest BCUT2D eigenvalue weighted by Gasteiger charge is 2.48. The van der Waals surface area contributed by atoms with Crippen molar-refractivity contribution in [3.05, 3.63) is 12.2 Å². The van der Waals surface area contributed by atoms with Gasteiger partial charge in [0.2, 0.25) is 5.91 Å². The first-order chi connectivity index (χ1) is 13.5. The summed E-state index contributed by atoms with van der Waals surface area (Å²) in [6.45, 7) is 17.8. The van der Waals surface area contributed by atoms with Gasteiger partial charge in [-0.2, -0.15) is 0 Å². The van der Waals surface area contributed by atoms with Gasteiger partial charge in [-0.3, -0.25) is 4.79 Å². The average Bonchev–Trinajstić information content (AvgIpc) is 2.49. The highest BCUT2D eigenvalue weighted by molar-refractivity contribution is 5.77. The summed E-state index contributed by atoms with van der Waals surface area (Å²) in [4.78, 5) is 24.6. The molecule has 0 bridgehead atoms. The van der Waals surface area contributed by atoms with Crippen molar-refractivity contribution in [3.63, 3.8) is 0 Å². The minimum atomic E-state index is -0.549. The molecular formula is C23H44N3O4+. The molecule has 1 aliphatic rings. The van der Waals surface area contributed by atoms with Gasteiger partial charge in [-0.25, -0.2) is 4.79 Å². The van der Waals surface area contributed by atoms with E-state index in [9.17, 15) is 9.59 Å². The van der Waals surface area contributed by atoms with Gasteiger partial charge in [-0.1, -0.05) is 31.1 Å². The van der Waals surface area contributed by atoms with Crippen LogP contribution in [0.3, 0.4) is 0 Å². The lowest BCUT2D eigenvalue weighted by atomic mass is 9.79. The molecule has 1 atom stereocenters. The summed E-state index contributed by atoms with van der Waals surface area (Å²) < 4.78 is 5.34. The SMILES string of the molecule is CC(C)CC(/C=C/CC(=O)NC1CC(C)(C)N([OH2+])C(C)(C)C1)NC(=O)OC(C)(C)C. The molecule has 7 heteroatoms. The maximum Gasteiger partial charge on any atom is 0.408 e. The topological polar surface area (TPSA) is 93.6 Å². The van der Waals surface area contributed by atoms with Crippen LogP contribution in [-0.2, 0) is 9.53 Å². The molecule has 0 aromatic rings. The van der Waals surface area contributed by atoms with Crippen molar-refractivity contribution in [2.75, 3.05) is 0 Å². The van der Waals surface area contributed by atoms with Crippen molar-refractivity contribution in [1.82, 2.24) is 15.7 Å². The number of ether oxygens (including phenoxy) is 1. The first-order valence-corrected chi connectivity index (χ1v) is 11.0. The third kappa shape index (κ3) is 9.04. The van der Waals surface area contributed by atoms with Crippen LogP contribution < -0.4 is 10.6 Å². The van der Waals surface area contributed by atoms with Crippen LogP contribution in [0.4, 0.5) is 4.79 Å². The normalized spacial score (nSPS) is 20.9. The van der Waals surface area contributed by atoms with Gasteiger partial charge >= 0.3 is 6.09 Å². The summed E-state index contributed by atoms with van der Waals surface area (Å²) in [5.41, 5.74) is -1.14. The van der Waals surface area contributed by atoms with Crippen LogP contribution in [-0.4, -0.2) is 51.0 Å². The molecule has 0 aliphatic carbocycles. The van der Waals surface area contributed by atoms with Crippen molar-refractivity contribution in [2.24, 2.45) is 5.92 Å². The van der Waals surface area contributed by atoms with E-state index >= 15 is 0 Å². The minimum Gasteiger partial charge on any atom is -0.444 e. The Morgan fingerprint density at radius 2 is 1.70 bits per heavy atom. The Bertz CT molecular complexity index is 602. The van der Waals surface area contributed by atoms with Gasteiger partial charge < -0.3 is 20.6 Å². The van der Waals surface area contributed by atoms with E-state index in [-0.39, 0.29) is 35.5 Å². The van der Waals surface area contributed by atoms with Crippen LogP contribution >= 0.6 is 0 Å². The number of hydroxylamine groups is 2. The van der Waals surface area contributed by atoms with Crippen LogP contribution in [0.1, 0.15) is 88.0 Å². The van der Waals surface area contributed by atoms with E-state index in [2.05, 4.69) is 24.5 Å². The van der Waals surface area contributed by atoms with Gasteiger partial charge in [0.05, 0.1) is 17.1 Å². The Hall–Kier alpha value is -1.60. The van der Waals surface area contributed by atoms with Crippen molar-refractivity contribution >= 4 is 12.0 Å². The lowest BCUT2D eigenvalue weighted by molar-refractivity contribution is -0.246. The molecule has 174 valence electrons. The van der Waals surface area contributed by atoms with Gasteiger partial charge in [0, 0.05) is 12.5 Å². The van der Waals surface area contributed by atoms with Crippen LogP contribution in [0.2, 0.25) is 0 Å². The van der Waals surface area contributed by atoms with E-state index < -0.39 is 11.7 Å². The van der Waals surface area contributed by atoms with E-state index in [0.717, 1.165) is 19.3 Å². The second-order valence-electron chi connectivity index (χ2n) is 11.1. The number of nitrogens with zero attached hydrogens (tertiary/aromatic N) is 1. The van der Waals surface area contributed by atoms with Crippen molar-refractivity contribution in [1.29, 1.82) is 0 Å². The number of carbonyl (C=O) groups is 2. The molecule has 0 saturated carbocycles. The van der Waals surface area contributed by atoms with Gasteiger partial charge in [-0.15, -0.1) is 0 Å². The zero-order valence-electron chi connectivity index (χ0n) is 20.4. The lowest BCUT2D eigenvalue weighted by Gasteiger charge is -2.47. The second kappa shape index (κ2) is 10.1. The standard InChI is InChI=1S/C23H43N3O4/c1-16(2)13-17(25-20(28)30-21(3,4)5)11-10-12-19(27)24-18-14-22(6,7)26(29)23(8,9)15-18/h10-11,16-18,29H,12-15H2,1-9H3,(H,24,27)(H,25,28)/p+1/b11-10+. The molecular weight excluding hydrogens is 382 g/mol. The largest absolute Gasteiger partial charge is 0.444 e. The maximum atomic E-state index is 12.5. The molecule has 1 fully saturated rings. The van der Waals surface area contributed by atoms with Crippen molar-refractivity contribution < 1.29 is 19.5 Å². The monoisotopic (exact) mass is 426 g/mol. The molecule has 0 spiro atoms. The Morgan fingerprint density at radius 3 is 2.17 bits per heavy atom. The average molecular weight is 427 g/mol. The highest BCUT2D eigenvalue weighted by Crippen LogP contribution is 2.36. The number of piperidine rings is 1. The molecule has 30 heavy (non-hydrogen) atoms. The van der Waals surface area contributed by atoms with Crippen LogP contribution in [0, 0.1) is 5.92 Å². The van der Waals surface area contributed by atoms with Gasteiger partial charge in [0.15, 0.2) is 0 Å². The Labute approximate surface area is 182 Å². The molecule has 7 nitrogen and oxygen atoms in total. The molecule has 1 heterocycles. The maximum absolute atomic E-state index is 12.5. The number of amides is 2. The van der Waals surface area contributed by atoms with Gasteiger partial charge in [-0.05, 0) is 73.6 Å². The first kappa shape index (κ1) is 26.4. The lowest BCUT2D eigenvalue weighted by Crippen LogP contribution is -2.62. The summed E-state index contributed by atoms with van der Waals surface area (Å²) in [5, 5.41) is 16.0. The smallest absolute Gasteiger partial charge is 0.408 e. The quantitative estimate of drug-likeness (QED) is 0.480. The fourth-order valence-corrected chi connectivity index (χ4v) is 4.16. The molecule has 2 amide bonds. The molecule has 0 aromatic carbocycles. The third-order valence-corrected chi connectivity index (χ3v) is 5.17. The Kier molecular flexibility index (Phi) is 8.93. The molecule has 0 aromatic heterocycles. The fraction of sp³-hybridized carbons (Fsp3) is 0.826. The molecule has 1 unspecified atom stereocenters. The predicted molar refractivity (Wildman–Crippen MR) is 121 cm³/mol. The predicted octanol–water partition coefficient (Wildman–Crippen LogP) is 3.65. The number of alkyl carbamates (subject to hydrolysis) is 1. The molecule has 4 N–H and O–H groups in total. The van der Waals surface area contributed by atoms with Gasteiger partial charge in [0.25, 0.3) is 0 Å². The van der Waals surface area contributed by atoms with E-state index in [4.69, 9.17) is 9.94 Å². The summed E-state index contributed by atoms with van der Waals surface area (Å²) in [6.07, 6.45) is 5.75. The number of carbonyl (C=O) groups excluding carboxylic acids is 2. The second-order valence-corrected chi connectivity index (χ2v) is 11.1. The molecule has 1 aliphatic heterocycles. The summed E-state index contributed by atoms with van der Waals surface area (Å²) >= 11 is 0. The Balaban J connectivity index is 2.63. The number of nitrogens with one attached hydrogen (secondary N) is 2. The van der Waals surface area contributed by atoms with E-state index in [0.29, 0.717) is 5.92 Å². The van der Waals surface area contributed by atoms with E-state index in [1.807, 2.05) is 60.6 Å².